The van der Waals surface area contributed by atoms with Gasteiger partial charge in [0.25, 0.3) is 0 Å². The minimum absolute atomic E-state index is 0.129. The summed E-state index contributed by atoms with van der Waals surface area (Å²) in [6, 6.07) is 0. The number of aliphatic hydroxyl groups is 3. The summed E-state index contributed by atoms with van der Waals surface area (Å²) in [4.78, 5) is 25.0. The predicted octanol–water partition coefficient (Wildman–Crippen LogP) is 2.30. The SMILES string of the molecule is CCCCCCCCCCCC(=O)Nc1ncnc2c1ncn2C1OC(CO)C(O)C1O. The second-order valence-electron chi connectivity index (χ2n) is 8.40. The number of carbonyl (C=O) groups excluding carboxylic acids is 1. The van der Waals surface area contributed by atoms with Crippen molar-refractivity contribution in [2.45, 2.75) is 95.7 Å². The van der Waals surface area contributed by atoms with Gasteiger partial charge in [-0.3, -0.25) is 9.36 Å². The Kier molecular flexibility index (Phi) is 9.34. The van der Waals surface area contributed by atoms with Gasteiger partial charge in [-0.1, -0.05) is 58.3 Å². The smallest absolute Gasteiger partial charge is 0.225 e. The Bertz CT molecular complexity index is 860. The summed E-state index contributed by atoms with van der Waals surface area (Å²) >= 11 is 0. The Labute approximate surface area is 188 Å². The van der Waals surface area contributed by atoms with Gasteiger partial charge in [0.2, 0.25) is 5.91 Å². The molecule has 10 nitrogen and oxygen atoms in total. The fraction of sp³-hybridized carbons (Fsp3) is 0.727. The molecule has 0 aromatic carbocycles. The third-order valence-electron chi connectivity index (χ3n) is 5.92. The maximum atomic E-state index is 12.4. The molecule has 10 heteroatoms. The molecule has 4 atom stereocenters. The lowest BCUT2D eigenvalue weighted by Crippen LogP contribution is -2.33. The number of amides is 1. The van der Waals surface area contributed by atoms with Crippen molar-refractivity contribution in [2.24, 2.45) is 0 Å². The van der Waals surface area contributed by atoms with Crippen LogP contribution in [0.25, 0.3) is 11.2 Å². The molecule has 0 spiro atoms. The number of nitrogens with one attached hydrogen (secondary N) is 1. The number of aliphatic hydroxyl groups excluding tert-OH is 3. The minimum Gasteiger partial charge on any atom is -0.394 e. The van der Waals surface area contributed by atoms with Crippen LogP contribution in [-0.2, 0) is 9.53 Å². The van der Waals surface area contributed by atoms with E-state index in [1.54, 1.807) is 0 Å². The van der Waals surface area contributed by atoms with Crippen molar-refractivity contribution in [1.29, 1.82) is 0 Å². The van der Waals surface area contributed by atoms with Crippen molar-refractivity contribution in [3.05, 3.63) is 12.7 Å². The number of unbranched alkanes of at least 4 members (excludes halogenated alkanes) is 8. The summed E-state index contributed by atoms with van der Waals surface area (Å²) in [6.45, 7) is 1.80. The fourth-order valence-corrected chi connectivity index (χ4v) is 4.03. The lowest BCUT2D eigenvalue weighted by atomic mass is 10.1. The molecule has 178 valence electrons. The quantitative estimate of drug-likeness (QED) is 0.341. The summed E-state index contributed by atoms with van der Waals surface area (Å²) in [5.41, 5.74) is 0.721. The van der Waals surface area contributed by atoms with Gasteiger partial charge in [0, 0.05) is 6.42 Å². The van der Waals surface area contributed by atoms with Gasteiger partial charge in [-0.2, -0.15) is 0 Å². The molecule has 3 rings (SSSR count). The largest absolute Gasteiger partial charge is 0.394 e. The van der Waals surface area contributed by atoms with Crippen LogP contribution in [0, 0.1) is 0 Å². The summed E-state index contributed by atoms with van der Waals surface area (Å²) < 4.78 is 7.02. The highest BCUT2D eigenvalue weighted by atomic mass is 16.6. The van der Waals surface area contributed by atoms with Gasteiger partial charge in [-0.25, -0.2) is 15.0 Å². The molecular formula is C22H35N5O5. The van der Waals surface area contributed by atoms with Crippen LogP contribution in [0.2, 0.25) is 0 Å². The molecule has 0 radical (unpaired) electrons. The first-order chi connectivity index (χ1) is 15.6. The highest BCUT2D eigenvalue weighted by Gasteiger charge is 2.44. The first kappa shape index (κ1) is 24.5. The third-order valence-corrected chi connectivity index (χ3v) is 5.92. The van der Waals surface area contributed by atoms with E-state index in [1.165, 1.54) is 55.7 Å². The number of nitrogens with zero attached hydrogens (tertiary/aromatic N) is 4. The molecule has 1 amide bonds. The topological polar surface area (TPSA) is 143 Å². The summed E-state index contributed by atoms with van der Waals surface area (Å²) in [5, 5.41) is 32.4. The zero-order valence-electron chi connectivity index (χ0n) is 18.7. The molecule has 1 aliphatic rings. The van der Waals surface area contributed by atoms with Crippen LogP contribution < -0.4 is 5.32 Å². The van der Waals surface area contributed by atoms with E-state index in [-0.39, 0.29) is 5.91 Å². The molecule has 0 aliphatic carbocycles. The molecule has 0 bridgehead atoms. The van der Waals surface area contributed by atoms with Crippen molar-refractivity contribution in [1.82, 2.24) is 19.5 Å². The van der Waals surface area contributed by atoms with E-state index in [0.29, 0.717) is 23.4 Å². The van der Waals surface area contributed by atoms with Gasteiger partial charge >= 0.3 is 0 Å². The van der Waals surface area contributed by atoms with Crippen molar-refractivity contribution >= 4 is 22.9 Å². The van der Waals surface area contributed by atoms with E-state index < -0.39 is 31.1 Å². The van der Waals surface area contributed by atoms with Crippen molar-refractivity contribution in [3.8, 4) is 0 Å². The minimum atomic E-state index is -1.25. The maximum Gasteiger partial charge on any atom is 0.225 e. The van der Waals surface area contributed by atoms with E-state index in [0.717, 1.165) is 19.3 Å². The predicted molar refractivity (Wildman–Crippen MR) is 119 cm³/mol. The molecule has 1 fully saturated rings. The molecule has 4 N–H and O–H groups in total. The average Bonchev–Trinajstić information content (AvgIpc) is 3.34. The lowest BCUT2D eigenvalue weighted by molar-refractivity contribution is -0.116. The number of aromatic nitrogens is 4. The molecule has 0 saturated carbocycles. The number of fused-ring (bicyclic) bond motifs is 1. The Balaban J connectivity index is 1.50. The van der Waals surface area contributed by atoms with Gasteiger partial charge < -0.3 is 25.4 Å². The van der Waals surface area contributed by atoms with Gasteiger partial charge in [0.05, 0.1) is 12.9 Å². The van der Waals surface area contributed by atoms with Crippen LogP contribution in [0.15, 0.2) is 12.7 Å². The van der Waals surface area contributed by atoms with Gasteiger partial charge in [0.15, 0.2) is 23.2 Å². The third kappa shape index (κ3) is 6.00. The van der Waals surface area contributed by atoms with E-state index in [9.17, 15) is 20.1 Å². The number of hydrogen-bond donors (Lipinski definition) is 4. The van der Waals surface area contributed by atoms with Crippen molar-refractivity contribution < 1.29 is 24.9 Å². The molecule has 2 aromatic rings. The summed E-state index contributed by atoms with van der Waals surface area (Å²) in [7, 11) is 0. The molecule has 2 aromatic heterocycles. The van der Waals surface area contributed by atoms with Crippen LogP contribution in [0.4, 0.5) is 5.82 Å². The fourth-order valence-electron chi connectivity index (χ4n) is 4.03. The van der Waals surface area contributed by atoms with Crippen LogP contribution in [-0.4, -0.2) is 65.7 Å². The molecule has 3 heterocycles. The van der Waals surface area contributed by atoms with Gasteiger partial charge in [-0.15, -0.1) is 0 Å². The van der Waals surface area contributed by atoms with Crippen LogP contribution >= 0.6 is 0 Å². The standard InChI is InChI=1S/C22H35N5O5/c1-2-3-4-5-6-7-8-9-10-11-16(29)26-20-17-21(24-13-23-20)27(14-25-17)22-19(31)18(30)15(12-28)32-22/h13-15,18-19,22,28,30-31H,2-12H2,1H3,(H,23,24,26,29). The van der Waals surface area contributed by atoms with Crippen LogP contribution in [0.3, 0.4) is 0 Å². The Morgan fingerprint density at radius 2 is 1.72 bits per heavy atom. The van der Waals surface area contributed by atoms with E-state index in [4.69, 9.17) is 4.74 Å². The summed E-state index contributed by atoms with van der Waals surface area (Å²) in [6.07, 6.45) is 9.48. The number of ether oxygens (including phenoxy) is 1. The second-order valence-corrected chi connectivity index (χ2v) is 8.40. The second kappa shape index (κ2) is 12.2. The number of hydrogen-bond acceptors (Lipinski definition) is 8. The van der Waals surface area contributed by atoms with Crippen molar-refractivity contribution in [2.75, 3.05) is 11.9 Å². The van der Waals surface area contributed by atoms with Gasteiger partial charge in [0.1, 0.15) is 24.6 Å². The highest BCUT2D eigenvalue weighted by Crippen LogP contribution is 2.32. The number of carbonyl (C=O) groups is 1. The van der Waals surface area contributed by atoms with Crippen LogP contribution in [0.1, 0.15) is 77.4 Å². The molecule has 4 unspecified atom stereocenters. The molecule has 1 saturated heterocycles. The normalized spacial score (nSPS) is 23.1. The van der Waals surface area contributed by atoms with Gasteiger partial charge in [-0.05, 0) is 6.42 Å². The average molecular weight is 450 g/mol. The zero-order chi connectivity index (χ0) is 22.9. The number of imidazole rings is 1. The van der Waals surface area contributed by atoms with Crippen molar-refractivity contribution in [3.63, 3.8) is 0 Å². The monoisotopic (exact) mass is 449 g/mol. The Hall–Kier alpha value is -2.14. The molecule has 32 heavy (non-hydrogen) atoms. The van der Waals surface area contributed by atoms with E-state index in [1.807, 2.05) is 0 Å². The van der Waals surface area contributed by atoms with E-state index in [2.05, 4.69) is 27.2 Å². The lowest BCUT2D eigenvalue weighted by Gasteiger charge is -2.16. The summed E-state index contributed by atoms with van der Waals surface area (Å²) in [5.74, 6) is 0.164. The Morgan fingerprint density at radius 1 is 1.03 bits per heavy atom. The maximum absolute atomic E-state index is 12.4. The Morgan fingerprint density at radius 3 is 2.38 bits per heavy atom. The molecule has 1 aliphatic heterocycles. The van der Waals surface area contributed by atoms with Crippen LogP contribution in [0.5, 0.6) is 0 Å². The number of anilines is 1. The first-order valence-corrected chi connectivity index (χ1v) is 11.7. The highest BCUT2D eigenvalue weighted by molar-refractivity contribution is 5.96. The molecular weight excluding hydrogens is 414 g/mol. The number of rotatable bonds is 13. The first-order valence-electron chi connectivity index (χ1n) is 11.7. The van der Waals surface area contributed by atoms with E-state index >= 15 is 0 Å². The zero-order valence-corrected chi connectivity index (χ0v) is 18.7.